The molecule has 0 fully saturated rings. The molecule has 0 amide bonds. The van der Waals surface area contributed by atoms with Gasteiger partial charge in [0.25, 0.3) is 0 Å². The van der Waals surface area contributed by atoms with Crippen molar-refractivity contribution >= 4 is 17.3 Å². The van der Waals surface area contributed by atoms with Crippen LogP contribution in [-0.2, 0) is 21.1 Å². The third-order valence-corrected chi connectivity index (χ3v) is 2.95. The molecule has 0 saturated carbocycles. The fraction of sp³-hybridized carbons (Fsp3) is 0. The molecule has 3 aromatic rings. The summed E-state index contributed by atoms with van der Waals surface area (Å²) in [5.41, 5.74) is 2.26. The number of benzene rings is 2. The number of rotatable bonds is 3. The number of para-hydroxylation sites is 1. The molecule has 0 saturated heterocycles. The Kier molecular flexibility index (Phi) is 6.30. The van der Waals surface area contributed by atoms with E-state index in [-0.39, 0.29) is 21.1 Å². The number of nitrogens with one attached hydrogen (secondary N) is 2. The van der Waals surface area contributed by atoms with Gasteiger partial charge in [0.2, 0.25) is 5.96 Å². The molecule has 0 bridgehead atoms. The van der Waals surface area contributed by atoms with Crippen LogP contribution >= 0.6 is 0 Å². The number of anilines is 1. The Morgan fingerprint density at radius 1 is 1.21 bits per heavy atom. The molecular weight excluding hydrogens is 474 g/mol. The molecule has 0 atom stereocenters. The molecule has 0 spiro atoms. The van der Waals surface area contributed by atoms with E-state index in [1.54, 1.807) is 18.3 Å². The summed E-state index contributed by atoms with van der Waals surface area (Å²) >= 11 is 0. The first-order valence-electron chi connectivity index (χ1n) is 6.81. The van der Waals surface area contributed by atoms with E-state index in [0.29, 0.717) is 17.4 Å². The molecule has 0 aliphatic rings. The second kappa shape index (κ2) is 8.66. The summed E-state index contributed by atoms with van der Waals surface area (Å²) in [6.45, 7) is 0. The van der Waals surface area contributed by atoms with Crippen molar-refractivity contribution in [1.82, 2.24) is 10.3 Å². The third-order valence-electron chi connectivity index (χ3n) is 2.95. The fourth-order valence-corrected chi connectivity index (χ4v) is 1.92. The third kappa shape index (κ3) is 4.55. The Balaban J connectivity index is 0.00000208. The van der Waals surface area contributed by atoms with Crippen molar-refractivity contribution in [3.63, 3.8) is 0 Å². The number of aromatic nitrogens is 1. The fourth-order valence-electron chi connectivity index (χ4n) is 1.92. The van der Waals surface area contributed by atoms with Crippen molar-refractivity contribution in [2.75, 3.05) is 5.32 Å². The molecule has 0 aliphatic heterocycles. The van der Waals surface area contributed by atoms with E-state index in [0.717, 1.165) is 11.3 Å². The van der Waals surface area contributed by atoms with Gasteiger partial charge in [-0.1, -0.05) is 18.2 Å². The van der Waals surface area contributed by atoms with Gasteiger partial charge in [-0.3, -0.25) is 10.3 Å². The number of nitriles is 1. The van der Waals surface area contributed by atoms with Gasteiger partial charge in [0.15, 0.2) is 12.6 Å². The van der Waals surface area contributed by atoms with Gasteiger partial charge in [0, 0.05) is 11.9 Å². The van der Waals surface area contributed by atoms with E-state index >= 15 is 0 Å². The van der Waals surface area contributed by atoms with Gasteiger partial charge in [0.1, 0.15) is 0 Å². The summed E-state index contributed by atoms with van der Waals surface area (Å²) in [5, 5.41) is 14.4. The largest absolute Gasteiger partial charge is 2.00 e. The van der Waals surface area contributed by atoms with Crippen molar-refractivity contribution in [2.24, 2.45) is 4.99 Å². The zero-order valence-electron chi connectivity index (χ0n) is 12.4. The number of aliphatic imine (C=N–C) groups is 1. The van der Waals surface area contributed by atoms with Crippen LogP contribution in [0, 0.1) is 17.5 Å². The summed E-state index contributed by atoms with van der Waals surface area (Å²) in [6, 6.07) is 17.9. The van der Waals surface area contributed by atoms with Crippen LogP contribution in [0.5, 0.6) is 0 Å². The zero-order chi connectivity index (χ0) is 15.9. The molecule has 0 radical (unpaired) electrons. The van der Waals surface area contributed by atoms with Crippen molar-refractivity contribution in [3.05, 3.63) is 67.2 Å². The summed E-state index contributed by atoms with van der Waals surface area (Å²) in [6.07, 6.45) is 4.85. The Morgan fingerprint density at radius 2 is 2.04 bits per heavy atom. The predicted octanol–water partition coefficient (Wildman–Crippen LogP) is 3.31. The van der Waals surface area contributed by atoms with Crippen molar-refractivity contribution in [2.45, 2.75) is 0 Å². The van der Waals surface area contributed by atoms with Crippen molar-refractivity contribution in [1.29, 1.82) is 5.26 Å². The number of guanidine groups is 1. The van der Waals surface area contributed by atoms with Crippen LogP contribution in [0.1, 0.15) is 0 Å². The first-order chi connectivity index (χ1) is 11.3. The number of hydrogen-bond acceptors (Lipinski definition) is 4. The second-order valence-corrected chi connectivity index (χ2v) is 4.51. The average Bonchev–Trinajstić information content (AvgIpc) is 3.11. The van der Waals surface area contributed by atoms with Crippen LogP contribution < -0.4 is 10.6 Å². The SMILES string of the molecule is N#CNC(=Nc1c[c-]c(-c2cnco2)cc1)Nc1ccccc1.[W+2]. The molecule has 116 valence electrons. The molecule has 7 heteroatoms. The van der Waals surface area contributed by atoms with Crippen LogP contribution in [-0.4, -0.2) is 10.9 Å². The molecule has 3 rings (SSSR count). The van der Waals surface area contributed by atoms with E-state index in [1.807, 2.05) is 42.6 Å². The minimum absolute atomic E-state index is 0. The number of hydrogen-bond donors (Lipinski definition) is 2. The standard InChI is InChI=1S/C17H12N5O.W/c18-11-20-17(21-14-4-2-1-3-5-14)22-15-8-6-13(7-9-15)16-10-19-12-23-16;/h1-6,8-10,12H,(H2,20,21,22);/q-1;+2. The van der Waals surface area contributed by atoms with Gasteiger partial charge in [-0.2, -0.15) is 5.26 Å². The molecule has 2 N–H and O–H groups in total. The first kappa shape index (κ1) is 17.5. The minimum atomic E-state index is 0. The molecular formula is C17H12N5OW+. The smallest absolute Gasteiger partial charge is 0.490 e. The van der Waals surface area contributed by atoms with E-state index in [4.69, 9.17) is 9.68 Å². The summed E-state index contributed by atoms with van der Waals surface area (Å²) in [5.74, 6) is 0.970. The average molecular weight is 486 g/mol. The Labute approximate surface area is 153 Å². The van der Waals surface area contributed by atoms with Gasteiger partial charge in [-0.15, -0.1) is 29.8 Å². The molecule has 1 heterocycles. The second-order valence-electron chi connectivity index (χ2n) is 4.51. The van der Waals surface area contributed by atoms with Crippen LogP contribution in [0.15, 0.2) is 70.5 Å². The molecule has 24 heavy (non-hydrogen) atoms. The van der Waals surface area contributed by atoms with Crippen molar-refractivity contribution in [3.8, 4) is 17.5 Å². The van der Waals surface area contributed by atoms with Gasteiger partial charge < -0.3 is 9.73 Å². The van der Waals surface area contributed by atoms with E-state index < -0.39 is 0 Å². The van der Waals surface area contributed by atoms with Gasteiger partial charge in [-0.05, 0) is 17.8 Å². The van der Waals surface area contributed by atoms with Crippen LogP contribution in [0.25, 0.3) is 11.3 Å². The molecule has 0 aliphatic carbocycles. The number of oxazole rings is 1. The Hall–Kier alpha value is -2.90. The predicted molar refractivity (Wildman–Crippen MR) is 86.7 cm³/mol. The van der Waals surface area contributed by atoms with Crippen LogP contribution in [0.3, 0.4) is 0 Å². The van der Waals surface area contributed by atoms with Gasteiger partial charge in [-0.25, -0.2) is 4.98 Å². The molecule has 1 aromatic heterocycles. The normalized spacial score (nSPS) is 10.4. The van der Waals surface area contributed by atoms with Crippen LogP contribution in [0.4, 0.5) is 11.4 Å². The van der Waals surface area contributed by atoms with Gasteiger partial charge >= 0.3 is 21.1 Å². The first-order valence-corrected chi connectivity index (χ1v) is 6.81. The maximum atomic E-state index is 8.85. The van der Waals surface area contributed by atoms with Gasteiger partial charge in [0.05, 0.1) is 5.76 Å². The van der Waals surface area contributed by atoms with E-state index in [2.05, 4.69) is 26.7 Å². The van der Waals surface area contributed by atoms with E-state index in [1.165, 1.54) is 6.39 Å². The monoisotopic (exact) mass is 486 g/mol. The molecule has 6 nitrogen and oxygen atoms in total. The minimum Gasteiger partial charge on any atom is -0.490 e. The molecule has 2 aromatic carbocycles. The quantitative estimate of drug-likeness (QED) is 0.195. The summed E-state index contributed by atoms with van der Waals surface area (Å²) in [7, 11) is 0. The maximum Gasteiger partial charge on any atom is 2.00 e. The zero-order valence-corrected chi connectivity index (χ0v) is 15.4. The Morgan fingerprint density at radius 3 is 2.67 bits per heavy atom. The maximum absolute atomic E-state index is 8.85. The summed E-state index contributed by atoms with van der Waals surface area (Å²) < 4.78 is 5.21. The van der Waals surface area contributed by atoms with Crippen molar-refractivity contribution < 1.29 is 25.5 Å². The summed E-state index contributed by atoms with van der Waals surface area (Å²) in [4.78, 5) is 8.23. The molecule has 0 unspecified atom stereocenters. The van der Waals surface area contributed by atoms with Crippen LogP contribution in [0.2, 0.25) is 0 Å². The Bertz CT molecular complexity index is 824. The topological polar surface area (TPSA) is 86.2 Å². The number of nitrogens with zero attached hydrogens (tertiary/aromatic N) is 3. The van der Waals surface area contributed by atoms with E-state index in [9.17, 15) is 0 Å².